The molecular formula is C29H22BrIrN3-2. The first kappa shape index (κ1) is 25.6. The minimum atomic E-state index is 0. The third-order valence-corrected chi connectivity index (χ3v) is 5.46. The molecule has 5 aromatic rings. The fraction of sp³-hybridized carbons (Fsp3) is 0.0690. The number of pyridine rings is 1. The first-order valence-corrected chi connectivity index (χ1v) is 11.3. The Balaban J connectivity index is 0.000000201. The Bertz CT molecular complexity index is 1320. The van der Waals surface area contributed by atoms with E-state index in [0.717, 1.165) is 26.9 Å². The van der Waals surface area contributed by atoms with Gasteiger partial charge >= 0.3 is 0 Å². The largest absolute Gasteiger partial charge is 0.305 e. The number of hydrogen-bond acceptors (Lipinski definition) is 3. The molecule has 0 bridgehead atoms. The Morgan fingerprint density at radius 3 is 2.18 bits per heavy atom. The van der Waals surface area contributed by atoms with E-state index >= 15 is 0 Å². The summed E-state index contributed by atoms with van der Waals surface area (Å²) in [5.74, 6) is 0.716. The van der Waals surface area contributed by atoms with Crippen LogP contribution in [0.1, 0.15) is 11.1 Å². The minimum absolute atomic E-state index is 0. The second kappa shape index (κ2) is 12.5. The van der Waals surface area contributed by atoms with Gasteiger partial charge in [-0.25, -0.2) is 0 Å². The summed E-state index contributed by atoms with van der Waals surface area (Å²) in [5.41, 5.74) is 7.54. The fourth-order valence-corrected chi connectivity index (χ4v) is 3.62. The Hall–Kier alpha value is -2.98. The zero-order chi connectivity index (χ0) is 23.0. The standard InChI is InChI=1S/C18H15N2.C11H7BrN.Ir/c1-13-11-19-18(20-12-13)16-9-8-14(2)17(10-16)15-6-4-3-5-7-15;12-10-5-3-4-9(8-10)11-6-1-2-7-13-11;/h3-8,10-12H,1-2H3;1-3,5-8H;/q2*-1;. The number of halogens is 1. The smallest absolute Gasteiger partial charge is 0.0748 e. The van der Waals surface area contributed by atoms with Gasteiger partial charge in [-0.1, -0.05) is 75.4 Å². The van der Waals surface area contributed by atoms with Crippen molar-refractivity contribution in [2.45, 2.75) is 13.8 Å². The van der Waals surface area contributed by atoms with Crippen LogP contribution in [-0.2, 0) is 20.1 Å². The molecule has 0 aliphatic carbocycles. The molecule has 0 saturated heterocycles. The van der Waals surface area contributed by atoms with Gasteiger partial charge < -0.3 is 4.98 Å². The Kier molecular flexibility index (Phi) is 9.41. The molecular weight excluding hydrogens is 662 g/mol. The minimum Gasteiger partial charge on any atom is -0.305 e. The summed E-state index contributed by atoms with van der Waals surface area (Å²) < 4.78 is 1.05. The molecule has 2 heterocycles. The molecule has 0 fully saturated rings. The average Bonchev–Trinajstić information content (AvgIpc) is 2.86. The monoisotopic (exact) mass is 684 g/mol. The molecule has 3 aromatic carbocycles. The summed E-state index contributed by atoms with van der Waals surface area (Å²) in [4.78, 5) is 13.0. The zero-order valence-corrected chi connectivity index (χ0v) is 22.8. The molecule has 0 N–H and O–H groups in total. The van der Waals surface area contributed by atoms with Gasteiger partial charge in [-0.15, -0.1) is 59.2 Å². The second-order valence-corrected chi connectivity index (χ2v) is 8.44. The Morgan fingerprint density at radius 1 is 0.765 bits per heavy atom. The van der Waals surface area contributed by atoms with Gasteiger partial charge in [0, 0.05) is 38.7 Å². The molecule has 0 saturated carbocycles. The number of hydrogen-bond donors (Lipinski definition) is 0. The third kappa shape index (κ3) is 6.77. The van der Waals surface area contributed by atoms with Gasteiger partial charge in [-0.2, -0.15) is 0 Å². The van der Waals surface area contributed by atoms with Gasteiger partial charge in [-0.3, -0.25) is 9.97 Å². The van der Waals surface area contributed by atoms with E-state index in [-0.39, 0.29) is 20.1 Å². The molecule has 0 spiro atoms. The number of nitrogens with zero attached hydrogens (tertiary/aromatic N) is 3. The molecule has 3 nitrogen and oxygen atoms in total. The quantitative estimate of drug-likeness (QED) is 0.185. The van der Waals surface area contributed by atoms with E-state index in [1.807, 2.05) is 80.0 Å². The SMILES string of the molecule is Brc1cc[c-]c(-c2ccccn2)c1.Cc1cnc(-c2[c-]cc(C)c(-c3ccccc3)c2)nc1.[Ir]. The number of aromatic nitrogens is 3. The predicted molar refractivity (Wildman–Crippen MR) is 137 cm³/mol. The van der Waals surface area contributed by atoms with Crippen molar-refractivity contribution in [3.05, 3.63) is 125 Å². The van der Waals surface area contributed by atoms with E-state index < -0.39 is 0 Å². The molecule has 0 aliphatic rings. The van der Waals surface area contributed by atoms with Crippen LogP contribution in [-0.4, -0.2) is 15.0 Å². The van der Waals surface area contributed by atoms with Crippen LogP contribution in [0.3, 0.4) is 0 Å². The van der Waals surface area contributed by atoms with Crippen molar-refractivity contribution >= 4 is 15.9 Å². The van der Waals surface area contributed by atoms with Crippen LogP contribution in [0.25, 0.3) is 33.8 Å². The zero-order valence-electron chi connectivity index (χ0n) is 18.8. The molecule has 0 atom stereocenters. The van der Waals surface area contributed by atoms with E-state index in [1.54, 1.807) is 6.20 Å². The third-order valence-electron chi connectivity index (χ3n) is 4.97. The van der Waals surface area contributed by atoms with Crippen LogP contribution < -0.4 is 0 Å². The number of aryl methyl sites for hydroxylation is 2. The summed E-state index contributed by atoms with van der Waals surface area (Å²) in [6.07, 6.45) is 5.44. The van der Waals surface area contributed by atoms with E-state index in [9.17, 15) is 0 Å². The summed E-state index contributed by atoms with van der Waals surface area (Å²) in [6.45, 7) is 4.08. The van der Waals surface area contributed by atoms with Gasteiger partial charge in [-0.05, 0) is 29.8 Å². The van der Waals surface area contributed by atoms with Crippen molar-refractivity contribution in [1.29, 1.82) is 0 Å². The Morgan fingerprint density at radius 2 is 1.50 bits per heavy atom. The molecule has 2 aromatic heterocycles. The van der Waals surface area contributed by atoms with E-state index in [1.165, 1.54) is 16.7 Å². The van der Waals surface area contributed by atoms with Gasteiger partial charge in [0.25, 0.3) is 0 Å². The first-order valence-electron chi connectivity index (χ1n) is 10.6. The van der Waals surface area contributed by atoms with Crippen molar-refractivity contribution in [2.75, 3.05) is 0 Å². The summed E-state index contributed by atoms with van der Waals surface area (Å²) in [7, 11) is 0. The molecule has 171 valence electrons. The van der Waals surface area contributed by atoms with Gasteiger partial charge in [0.05, 0.1) is 5.82 Å². The van der Waals surface area contributed by atoms with Crippen molar-refractivity contribution in [1.82, 2.24) is 15.0 Å². The summed E-state index contributed by atoms with van der Waals surface area (Å²) in [6, 6.07) is 32.5. The topological polar surface area (TPSA) is 38.7 Å². The summed E-state index contributed by atoms with van der Waals surface area (Å²) >= 11 is 3.41. The summed E-state index contributed by atoms with van der Waals surface area (Å²) in [5, 5.41) is 0. The second-order valence-electron chi connectivity index (χ2n) is 7.53. The molecule has 5 rings (SSSR count). The first-order chi connectivity index (χ1) is 16.1. The van der Waals surface area contributed by atoms with Crippen LogP contribution >= 0.6 is 15.9 Å². The maximum Gasteiger partial charge on any atom is 0.0748 e. The van der Waals surface area contributed by atoms with Crippen LogP contribution in [0.2, 0.25) is 0 Å². The van der Waals surface area contributed by atoms with Crippen molar-refractivity contribution in [3.63, 3.8) is 0 Å². The molecule has 0 amide bonds. The van der Waals surface area contributed by atoms with Crippen LogP contribution in [0.15, 0.2) is 102 Å². The van der Waals surface area contributed by atoms with Gasteiger partial charge in [0.15, 0.2) is 0 Å². The predicted octanol–water partition coefficient (Wildman–Crippen LogP) is 7.54. The molecule has 34 heavy (non-hydrogen) atoms. The van der Waals surface area contributed by atoms with Crippen LogP contribution in [0.5, 0.6) is 0 Å². The van der Waals surface area contributed by atoms with Crippen molar-refractivity contribution in [2.24, 2.45) is 0 Å². The van der Waals surface area contributed by atoms with Crippen molar-refractivity contribution < 1.29 is 20.1 Å². The van der Waals surface area contributed by atoms with Gasteiger partial charge in [0.1, 0.15) is 0 Å². The van der Waals surface area contributed by atoms with E-state index in [2.05, 4.69) is 68.1 Å². The van der Waals surface area contributed by atoms with E-state index in [4.69, 9.17) is 0 Å². The number of rotatable bonds is 3. The molecule has 0 unspecified atom stereocenters. The number of benzene rings is 3. The fourth-order valence-electron chi connectivity index (χ4n) is 3.26. The van der Waals surface area contributed by atoms with Crippen LogP contribution in [0.4, 0.5) is 0 Å². The Labute approximate surface area is 222 Å². The molecule has 5 heteroatoms. The average molecular weight is 685 g/mol. The normalized spacial score (nSPS) is 9.97. The maximum absolute atomic E-state index is 4.37. The van der Waals surface area contributed by atoms with Crippen LogP contribution in [0, 0.1) is 26.0 Å². The van der Waals surface area contributed by atoms with Gasteiger partial charge in [0.2, 0.25) is 0 Å². The van der Waals surface area contributed by atoms with Crippen molar-refractivity contribution in [3.8, 4) is 33.8 Å². The maximum atomic E-state index is 4.37. The van der Waals surface area contributed by atoms with E-state index in [0.29, 0.717) is 5.82 Å². The molecule has 1 radical (unpaired) electrons. The molecule has 0 aliphatic heterocycles.